The van der Waals surface area contributed by atoms with E-state index in [2.05, 4.69) is 0 Å². The van der Waals surface area contributed by atoms with E-state index in [-0.39, 0.29) is 10.9 Å². The first kappa shape index (κ1) is 15.1. The van der Waals surface area contributed by atoms with Crippen molar-refractivity contribution in [3.8, 4) is 5.75 Å². The van der Waals surface area contributed by atoms with Crippen molar-refractivity contribution in [3.63, 3.8) is 0 Å². The first-order chi connectivity index (χ1) is 9.99. The van der Waals surface area contributed by atoms with Gasteiger partial charge in [-0.05, 0) is 18.6 Å². The Bertz CT molecular complexity index is 626. The number of hydrogen-bond acceptors (Lipinski definition) is 5. The van der Waals surface area contributed by atoms with E-state index >= 15 is 0 Å². The van der Waals surface area contributed by atoms with Gasteiger partial charge in [-0.1, -0.05) is 6.07 Å². The molecule has 21 heavy (non-hydrogen) atoms. The van der Waals surface area contributed by atoms with Crippen LogP contribution >= 0.6 is 11.8 Å². The number of hydrogen-bond donors (Lipinski definition) is 0. The van der Waals surface area contributed by atoms with Gasteiger partial charge in [0.2, 0.25) is 10.0 Å². The molecular formula is C14H19NO4S2. The van der Waals surface area contributed by atoms with E-state index < -0.39 is 10.0 Å². The van der Waals surface area contributed by atoms with Crippen LogP contribution in [0, 0.1) is 0 Å². The van der Waals surface area contributed by atoms with E-state index in [1.54, 1.807) is 35.7 Å². The predicted octanol–water partition coefficient (Wildman–Crippen LogP) is 1.59. The van der Waals surface area contributed by atoms with Crippen molar-refractivity contribution >= 4 is 21.8 Å². The normalized spacial score (nSPS) is 25.0. The van der Waals surface area contributed by atoms with Crippen LogP contribution in [0.25, 0.3) is 0 Å². The summed E-state index contributed by atoms with van der Waals surface area (Å²) in [6, 6.07) is 6.63. The Labute approximate surface area is 129 Å². The van der Waals surface area contributed by atoms with Gasteiger partial charge in [0.25, 0.3) is 0 Å². The summed E-state index contributed by atoms with van der Waals surface area (Å²) < 4.78 is 37.3. The van der Waals surface area contributed by atoms with Crippen LogP contribution in [-0.2, 0) is 14.8 Å². The molecule has 5 nitrogen and oxygen atoms in total. The van der Waals surface area contributed by atoms with Crippen molar-refractivity contribution in [2.24, 2.45) is 0 Å². The maximum atomic E-state index is 12.6. The minimum Gasteiger partial charge on any atom is -0.497 e. The zero-order chi connectivity index (χ0) is 15.1. The van der Waals surface area contributed by atoms with Crippen LogP contribution in [0.3, 0.4) is 0 Å². The van der Waals surface area contributed by atoms with Crippen molar-refractivity contribution in [1.82, 2.24) is 4.31 Å². The highest BCUT2D eigenvalue weighted by Crippen LogP contribution is 2.47. The summed E-state index contributed by atoms with van der Waals surface area (Å²) in [4.78, 5) is 0.294. The van der Waals surface area contributed by atoms with Gasteiger partial charge in [0.05, 0.1) is 18.1 Å². The summed E-state index contributed by atoms with van der Waals surface area (Å²) >= 11 is 1.83. The molecule has 0 saturated carbocycles. The van der Waals surface area contributed by atoms with Crippen molar-refractivity contribution in [2.45, 2.75) is 22.2 Å². The molecule has 116 valence electrons. The number of benzene rings is 1. The van der Waals surface area contributed by atoms with Crippen LogP contribution in [0.5, 0.6) is 5.75 Å². The lowest BCUT2D eigenvalue weighted by atomic mass is 9.96. The zero-order valence-electron chi connectivity index (χ0n) is 12.1. The van der Waals surface area contributed by atoms with Crippen LogP contribution in [0.1, 0.15) is 6.42 Å². The first-order valence-corrected chi connectivity index (χ1v) is 9.23. The molecule has 1 aromatic rings. The molecule has 1 spiro atoms. The van der Waals surface area contributed by atoms with E-state index in [0.29, 0.717) is 23.7 Å². The molecule has 2 saturated heterocycles. The highest BCUT2D eigenvalue weighted by molar-refractivity contribution is 8.01. The molecule has 2 heterocycles. The van der Waals surface area contributed by atoms with Crippen LogP contribution in [0.4, 0.5) is 0 Å². The fourth-order valence-electron chi connectivity index (χ4n) is 2.85. The standard InChI is InChI=1S/C14H19NO4S2/c1-18-11-4-3-5-13(6-11)21(16,17)15-9-14(10-15)7-12(19-2)8-20-14/h3-6,12H,7-10H2,1-2H3/t12-/m1/s1. The third-order valence-electron chi connectivity index (χ3n) is 4.12. The Kier molecular flexibility index (Phi) is 3.94. The van der Waals surface area contributed by atoms with E-state index in [4.69, 9.17) is 9.47 Å². The summed E-state index contributed by atoms with van der Waals surface area (Å²) in [6.07, 6.45) is 1.18. The van der Waals surface area contributed by atoms with Crippen LogP contribution in [-0.4, -0.2) is 56.6 Å². The van der Waals surface area contributed by atoms with Gasteiger partial charge < -0.3 is 9.47 Å². The summed E-state index contributed by atoms with van der Waals surface area (Å²) in [7, 11) is -0.175. The average molecular weight is 329 g/mol. The molecule has 2 aliphatic heterocycles. The highest BCUT2D eigenvalue weighted by Gasteiger charge is 2.53. The molecular weight excluding hydrogens is 310 g/mol. The van der Waals surface area contributed by atoms with Crippen molar-refractivity contribution in [3.05, 3.63) is 24.3 Å². The van der Waals surface area contributed by atoms with Gasteiger partial charge in [-0.2, -0.15) is 4.31 Å². The Morgan fingerprint density at radius 1 is 1.33 bits per heavy atom. The third-order valence-corrected chi connectivity index (χ3v) is 7.48. The number of nitrogens with zero attached hydrogens (tertiary/aromatic N) is 1. The van der Waals surface area contributed by atoms with E-state index in [0.717, 1.165) is 12.2 Å². The molecule has 1 atom stereocenters. The monoisotopic (exact) mass is 329 g/mol. The van der Waals surface area contributed by atoms with Gasteiger partial charge in [-0.3, -0.25) is 0 Å². The zero-order valence-corrected chi connectivity index (χ0v) is 13.7. The highest BCUT2D eigenvalue weighted by atomic mass is 32.2. The topological polar surface area (TPSA) is 55.8 Å². The van der Waals surface area contributed by atoms with Gasteiger partial charge in [-0.15, -0.1) is 11.8 Å². The molecule has 3 rings (SSSR count). The summed E-state index contributed by atoms with van der Waals surface area (Å²) in [5.41, 5.74) is 0. The van der Waals surface area contributed by atoms with Crippen LogP contribution in [0.2, 0.25) is 0 Å². The fourth-order valence-corrected chi connectivity index (χ4v) is 6.25. The fraction of sp³-hybridized carbons (Fsp3) is 0.571. The summed E-state index contributed by atoms with van der Waals surface area (Å²) in [5, 5.41) is 0. The molecule has 7 heteroatoms. The quantitative estimate of drug-likeness (QED) is 0.840. The van der Waals surface area contributed by atoms with Gasteiger partial charge in [0, 0.05) is 36.8 Å². The Morgan fingerprint density at radius 2 is 2.10 bits per heavy atom. The second-order valence-corrected chi connectivity index (χ2v) is 8.93. The largest absolute Gasteiger partial charge is 0.497 e. The molecule has 0 unspecified atom stereocenters. The maximum Gasteiger partial charge on any atom is 0.243 e. The second kappa shape index (κ2) is 5.46. The molecule has 0 N–H and O–H groups in total. The minimum absolute atomic E-state index is 0.0482. The van der Waals surface area contributed by atoms with Gasteiger partial charge in [0.1, 0.15) is 5.75 Å². The van der Waals surface area contributed by atoms with Gasteiger partial charge in [-0.25, -0.2) is 8.42 Å². The summed E-state index contributed by atoms with van der Waals surface area (Å²) in [6.45, 7) is 1.13. The molecule has 0 amide bonds. The first-order valence-electron chi connectivity index (χ1n) is 6.80. The van der Waals surface area contributed by atoms with Crippen molar-refractivity contribution in [2.75, 3.05) is 33.1 Å². The lowest BCUT2D eigenvalue weighted by Gasteiger charge is -2.46. The lowest BCUT2D eigenvalue weighted by Crippen LogP contribution is -2.60. The molecule has 0 bridgehead atoms. The molecule has 2 fully saturated rings. The number of ether oxygens (including phenoxy) is 2. The third kappa shape index (κ3) is 2.67. The second-order valence-electron chi connectivity index (χ2n) is 5.51. The Balaban J connectivity index is 1.73. The predicted molar refractivity (Wildman–Crippen MR) is 82.4 cm³/mol. The SMILES string of the molecule is COc1cccc(S(=O)(=O)N2CC3(C[C@@H](OC)CS3)C2)c1. The van der Waals surface area contributed by atoms with E-state index in [9.17, 15) is 8.42 Å². The number of methoxy groups -OCH3 is 2. The van der Waals surface area contributed by atoms with Crippen molar-refractivity contribution < 1.29 is 17.9 Å². The van der Waals surface area contributed by atoms with Crippen LogP contribution < -0.4 is 4.74 Å². The van der Waals surface area contributed by atoms with E-state index in [1.807, 2.05) is 11.8 Å². The Hall–Kier alpha value is -0.760. The maximum absolute atomic E-state index is 12.6. The molecule has 0 aromatic heterocycles. The average Bonchev–Trinajstić information content (AvgIpc) is 2.90. The van der Waals surface area contributed by atoms with E-state index in [1.165, 1.54) is 7.11 Å². The molecule has 1 aromatic carbocycles. The molecule has 0 aliphatic carbocycles. The molecule has 0 radical (unpaired) electrons. The number of sulfonamides is 1. The minimum atomic E-state index is -3.42. The molecule has 2 aliphatic rings. The van der Waals surface area contributed by atoms with Gasteiger partial charge in [0.15, 0.2) is 0 Å². The smallest absolute Gasteiger partial charge is 0.243 e. The lowest BCUT2D eigenvalue weighted by molar-refractivity contribution is 0.0931. The number of rotatable bonds is 4. The number of thioether (sulfide) groups is 1. The summed E-state index contributed by atoms with van der Waals surface area (Å²) in [5.74, 6) is 1.50. The van der Waals surface area contributed by atoms with Crippen molar-refractivity contribution in [1.29, 1.82) is 0 Å². The Morgan fingerprint density at radius 3 is 2.71 bits per heavy atom. The van der Waals surface area contributed by atoms with Crippen LogP contribution in [0.15, 0.2) is 29.2 Å². The van der Waals surface area contributed by atoms with Gasteiger partial charge >= 0.3 is 0 Å².